The first-order valence-electron chi connectivity index (χ1n) is 22.9. The van der Waals surface area contributed by atoms with Crippen molar-refractivity contribution in [1.82, 2.24) is 0 Å². The van der Waals surface area contributed by atoms with Gasteiger partial charge in [-0.05, 0) is 149 Å². The molecule has 10 aromatic rings. The van der Waals surface area contributed by atoms with Gasteiger partial charge in [-0.1, -0.05) is 146 Å². The molecule has 0 bridgehead atoms. The second kappa shape index (κ2) is 14.7. The van der Waals surface area contributed by atoms with Gasteiger partial charge in [0.05, 0.1) is 11.4 Å². The van der Waals surface area contributed by atoms with Crippen LogP contribution in [0.4, 0.5) is 34.1 Å². The minimum atomic E-state index is -0.157. The molecular weight excluding hydrogens is 777 g/mol. The average Bonchev–Trinajstić information content (AvgIpc) is 4.10. The van der Waals surface area contributed by atoms with Crippen LogP contribution in [0.1, 0.15) is 35.1 Å². The highest BCUT2D eigenvalue weighted by molar-refractivity contribution is 6.06. The molecule has 9 aromatic carbocycles. The number of benzene rings is 9. The topological polar surface area (TPSA) is 19.6 Å². The summed E-state index contributed by atoms with van der Waals surface area (Å²) in [6, 6.07) is 80.2. The molecule has 3 unspecified atom stereocenters. The lowest BCUT2D eigenvalue weighted by atomic mass is 9.68. The van der Waals surface area contributed by atoms with Crippen molar-refractivity contribution in [3.05, 3.63) is 241 Å². The van der Waals surface area contributed by atoms with Gasteiger partial charge in [0, 0.05) is 45.0 Å². The maximum Gasteiger partial charge on any atom is 0.137 e. The smallest absolute Gasteiger partial charge is 0.137 e. The number of para-hydroxylation sites is 3. The lowest BCUT2D eigenvalue weighted by molar-refractivity contribution is 0.350. The fourth-order valence-electron chi connectivity index (χ4n) is 12.3. The highest BCUT2D eigenvalue weighted by Crippen LogP contribution is 2.69. The molecule has 1 heterocycles. The average molecular weight is 823 g/mol. The van der Waals surface area contributed by atoms with E-state index in [1.807, 2.05) is 0 Å². The molecule has 3 aliphatic rings. The molecule has 3 heteroatoms. The zero-order valence-corrected chi connectivity index (χ0v) is 35.6. The van der Waals surface area contributed by atoms with Crippen LogP contribution < -0.4 is 9.80 Å². The zero-order valence-electron chi connectivity index (χ0n) is 35.6. The first kappa shape index (κ1) is 37.0. The van der Waals surface area contributed by atoms with Crippen molar-refractivity contribution in [2.24, 2.45) is 11.8 Å². The molecule has 3 nitrogen and oxygen atoms in total. The first-order valence-corrected chi connectivity index (χ1v) is 22.9. The zero-order chi connectivity index (χ0) is 42.2. The summed E-state index contributed by atoms with van der Waals surface area (Å²) in [5, 5.41) is 2.29. The standard InChI is InChI=1S/C61H46N2O/c1-4-16-41(17-5-1)51-24-10-11-25-52(51)42-30-34-49(35-31-42)62(47-20-6-2-7-21-47)55-27-14-18-43-38-45-32-33-46-39-44-19-15-28-56(60(44)61(45,46)59(43)55)63(48-22-8-3-9-23-48)50-36-37-54-53-26-12-13-29-57(53)64-58(54)40-50/h1-31,34-37,40,45-46H,32-33,38-39H2. The van der Waals surface area contributed by atoms with E-state index in [4.69, 9.17) is 4.42 Å². The Kier molecular flexibility index (Phi) is 8.52. The van der Waals surface area contributed by atoms with Crippen LogP contribution in [0.5, 0.6) is 0 Å². The normalized spacial score (nSPS) is 18.1. The van der Waals surface area contributed by atoms with Crippen molar-refractivity contribution in [3.8, 4) is 22.3 Å². The van der Waals surface area contributed by atoms with Crippen molar-refractivity contribution in [3.63, 3.8) is 0 Å². The van der Waals surface area contributed by atoms with Crippen LogP contribution in [0.15, 0.2) is 223 Å². The molecule has 0 aliphatic heterocycles. The summed E-state index contributed by atoms with van der Waals surface area (Å²) in [5.74, 6) is 1.00. The van der Waals surface area contributed by atoms with E-state index in [1.165, 1.54) is 74.4 Å². The van der Waals surface area contributed by atoms with Crippen molar-refractivity contribution in [2.75, 3.05) is 9.80 Å². The highest BCUT2D eigenvalue weighted by atomic mass is 16.3. The van der Waals surface area contributed by atoms with Crippen molar-refractivity contribution in [2.45, 2.75) is 31.1 Å². The van der Waals surface area contributed by atoms with Crippen LogP contribution in [0, 0.1) is 11.8 Å². The molecule has 1 spiro atoms. The lowest BCUT2D eigenvalue weighted by Crippen LogP contribution is -2.34. The Morgan fingerprint density at radius 3 is 1.45 bits per heavy atom. The van der Waals surface area contributed by atoms with Gasteiger partial charge in [-0.2, -0.15) is 0 Å². The number of anilines is 6. The van der Waals surface area contributed by atoms with E-state index in [9.17, 15) is 0 Å². The summed E-state index contributed by atoms with van der Waals surface area (Å²) in [5.41, 5.74) is 19.7. The van der Waals surface area contributed by atoms with E-state index in [1.54, 1.807) is 0 Å². The highest BCUT2D eigenvalue weighted by Gasteiger charge is 2.62. The number of hydrogen-bond donors (Lipinski definition) is 0. The monoisotopic (exact) mass is 822 g/mol. The van der Waals surface area contributed by atoms with Gasteiger partial charge in [-0.15, -0.1) is 0 Å². The van der Waals surface area contributed by atoms with Crippen molar-refractivity contribution < 1.29 is 4.42 Å². The maximum absolute atomic E-state index is 6.54. The van der Waals surface area contributed by atoms with Crippen LogP contribution in [-0.4, -0.2) is 0 Å². The molecule has 0 N–H and O–H groups in total. The molecule has 0 amide bonds. The number of furan rings is 1. The Morgan fingerprint density at radius 2 is 0.844 bits per heavy atom. The maximum atomic E-state index is 6.54. The van der Waals surface area contributed by atoms with Crippen LogP contribution in [0.2, 0.25) is 0 Å². The third kappa shape index (κ3) is 5.60. The van der Waals surface area contributed by atoms with Gasteiger partial charge < -0.3 is 14.2 Å². The quantitative estimate of drug-likeness (QED) is 0.152. The van der Waals surface area contributed by atoms with Crippen molar-refractivity contribution in [1.29, 1.82) is 0 Å². The number of rotatable bonds is 8. The van der Waals surface area contributed by atoms with Gasteiger partial charge in [0.25, 0.3) is 0 Å². The van der Waals surface area contributed by atoms with Crippen LogP contribution in [-0.2, 0) is 18.3 Å². The summed E-state index contributed by atoms with van der Waals surface area (Å²) >= 11 is 0. The predicted octanol–water partition coefficient (Wildman–Crippen LogP) is 16.3. The molecular formula is C61H46N2O. The Bertz CT molecular complexity index is 3350. The second-order valence-corrected chi connectivity index (χ2v) is 18.0. The molecule has 3 aliphatic carbocycles. The second-order valence-electron chi connectivity index (χ2n) is 18.0. The molecule has 64 heavy (non-hydrogen) atoms. The Hall–Kier alpha value is -7.62. The fraction of sp³-hybridized carbons (Fsp3) is 0.115. The van der Waals surface area contributed by atoms with Gasteiger partial charge in [-0.3, -0.25) is 0 Å². The lowest BCUT2D eigenvalue weighted by Gasteiger charge is -2.40. The van der Waals surface area contributed by atoms with Gasteiger partial charge in [0.1, 0.15) is 11.2 Å². The van der Waals surface area contributed by atoms with Gasteiger partial charge in [0.15, 0.2) is 0 Å². The largest absolute Gasteiger partial charge is 0.456 e. The Labute approximate surface area is 374 Å². The summed E-state index contributed by atoms with van der Waals surface area (Å²) < 4.78 is 6.54. The van der Waals surface area contributed by atoms with E-state index >= 15 is 0 Å². The molecule has 3 atom stereocenters. The summed E-state index contributed by atoms with van der Waals surface area (Å²) in [6.07, 6.45) is 4.62. The molecule has 306 valence electrons. The van der Waals surface area contributed by atoms with E-state index in [0.717, 1.165) is 51.8 Å². The van der Waals surface area contributed by atoms with Gasteiger partial charge >= 0.3 is 0 Å². The van der Waals surface area contributed by atoms with E-state index in [2.05, 4.69) is 228 Å². The summed E-state index contributed by atoms with van der Waals surface area (Å²) in [6.45, 7) is 0. The minimum absolute atomic E-state index is 0.157. The summed E-state index contributed by atoms with van der Waals surface area (Å²) in [7, 11) is 0. The fourth-order valence-corrected chi connectivity index (χ4v) is 12.3. The Balaban J connectivity index is 0.997. The van der Waals surface area contributed by atoms with Gasteiger partial charge in [0.2, 0.25) is 0 Å². The van der Waals surface area contributed by atoms with E-state index in [-0.39, 0.29) is 5.41 Å². The number of nitrogens with zero attached hydrogens (tertiary/aromatic N) is 2. The van der Waals surface area contributed by atoms with Crippen molar-refractivity contribution >= 4 is 56.1 Å². The first-order chi connectivity index (χ1) is 31.7. The molecule has 13 rings (SSSR count). The minimum Gasteiger partial charge on any atom is -0.456 e. The number of hydrogen-bond acceptors (Lipinski definition) is 3. The molecule has 0 saturated heterocycles. The van der Waals surface area contributed by atoms with Crippen LogP contribution in [0.3, 0.4) is 0 Å². The molecule has 1 saturated carbocycles. The number of fused-ring (bicyclic) bond motifs is 5. The molecule has 1 aromatic heterocycles. The third-order valence-corrected chi connectivity index (χ3v) is 14.7. The molecule has 0 radical (unpaired) electrons. The van der Waals surface area contributed by atoms with E-state index in [0.29, 0.717) is 11.8 Å². The SMILES string of the molecule is c1ccc(-c2ccccc2-c2ccc(N(c3ccccc3)c3cccc4c3C35c6c(cccc6N(c6ccccc6)c6ccc7c(c6)oc6ccccc67)CC3CCC5C4)cc2)cc1. The predicted molar refractivity (Wildman–Crippen MR) is 265 cm³/mol. The van der Waals surface area contributed by atoms with E-state index < -0.39 is 0 Å². The van der Waals surface area contributed by atoms with Crippen LogP contribution in [0.25, 0.3) is 44.2 Å². The summed E-state index contributed by atoms with van der Waals surface area (Å²) in [4.78, 5) is 5.06. The van der Waals surface area contributed by atoms with Gasteiger partial charge in [-0.25, -0.2) is 0 Å². The Morgan fingerprint density at radius 1 is 0.375 bits per heavy atom. The molecule has 1 fully saturated rings. The third-order valence-electron chi connectivity index (χ3n) is 14.7. The van der Waals surface area contributed by atoms with Crippen LogP contribution >= 0.6 is 0 Å².